The van der Waals surface area contributed by atoms with E-state index in [0.29, 0.717) is 0 Å². The summed E-state index contributed by atoms with van der Waals surface area (Å²) in [4.78, 5) is 2.35. The average molecular weight is 157 g/mol. The first kappa shape index (κ1) is 8.15. The molecule has 0 saturated heterocycles. The lowest BCUT2D eigenvalue weighted by Gasteiger charge is -2.21. The minimum atomic E-state index is 1.15. The smallest absolute Gasteiger partial charge is 0.0163 e. The van der Waals surface area contributed by atoms with E-state index < -0.39 is 0 Å². The fourth-order valence-electron chi connectivity index (χ4n) is 1.13. The first-order valence-electron chi connectivity index (χ1n) is 3.68. The van der Waals surface area contributed by atoms with Gasteiger partial charge in [0.1, 0.15) is 0 Å². The fraction of sp³-hybridized carbons (Fsp3) is 0.750. The Kier molecular flexibility index (Phi) is 3.29. The molecule has 1 rings (SSSR count). The Morgan fingerprint density at radius 1 is 1.70 bits per heavy atom. The highest BCUT2D eigenvalue weighted by molar-refractivity contribution is 7.98. The van der Waals surface area contributed by atoms with Crippen LogP contribution in [0.15, 0.2) is 11.6 Å². The first-order valence-corrected chi connectivity index (χ1v) is 5.07. The van der Waals surface area contributed by atoms with Crippen molar-refractivity contribution < 1.29 is 0 Å². The van der Waals surface area contributed by atoms with Gasteiger partial charge in [0.05, 0.1) is 0 Å². The molecule has 0 aliphatic carbocycles. The second-order valence-corrected chi connectivity index (χ2v) is 3.67. The largest absolute Gasteiger partial charge is 0.302 e. The Bertz CT molecular complexity index is 131. The van der Waals surface area contributed by atoms with Crippen molar-refractivity contribution in [1.29, 1.82) is 0 Å². The molecule has 0 aromatic heterocycles. The van der Waals surface area contributed by atoms with Gasteiger partial charge in [0.15, 0.2) is 0 Å². The lowest BCUT2D eigenvalue weighted by Crippen LogP contribution is -2.24. The molecular formula is C8H15NS. The average Bonchev–Trinajstić information content (AvgIpc) is 1.95. The van der Waals surface area contributed by atoms with E-state index in [1.807, 2.05) is 11.8 Å². The standard InChI is InChI=1S/C8H15NS/c1-9-5-3-8(4-6-9)7-10-2/h3H,4-7H2,1-2H3. The molecule has 0 saturated carbocycles. The molecule has 58 valence electrons. The van der Waals surface area contributed by atoms with Gasteiger partial charge >= 0.3 is 0 Å². The Balaban J connectivity index is 2.33. The van der Waals surface area contributed by atoms with Crippen LogP contribution in [0.3, 0.4) is 0 Å². The van der Waals surface area contributed by atoms with Crippen molar-refractivity contribution in [2.45, 2.75) is 6.42 Å². The molecule has 0 aromatic carbocycles. The SMILES string of the molecule is CSCC1=CCN(C)CC1. The molecular weight excluding hydrogens is 142 g/mol. The van der Waals surface area contributed by atoms with Gasteiger partial charge in [-0.25, -0.2) is 0 Å². The van der Waals surface area contributed by atoms with Crippen LogP contribution in [0.5, 0.6) is 0 Å². The highest BCUT2D eigenvalue weighted by atomic mass is 32.2. The molecule has 0 bridgehead atoms. The summed E-state index contributed by atoms with van der Waals surface area (Å²) >= 11 is 1.92. The van der Waals surface area contributed by atoms with Crippen molar-refractivity contribution in [3.05, 3.63) is 11.6 Å². The summed E-state index contributed by atoms with van der Waals surface area (Å²) in [5.41, 5.74) is 1.63. The van der Waals surface area contributed by atoms with Crippen LogP contribution in [0.25, 0.3) is 0 Å². The van der Waals surface area contributed by atoms with Gasteiger partial charge in [-0.15, -0.1) is 0 Å². The number of thioether (sulfide) groups is 1. The van der Waals surface area contributed by atoms with Gasteiger partial charge in [-0.1, -0.05) is 11.6 Å². The van der Waals surface area contributed by atoms with E-state index in [4.69, 9.17) is 0 Å². The molecule has 1 aliphatic rings. The fourth-order valence-corrected chi connectivity index (χ4v) is 1.76. The van der Waals surface area contributed by atoms with Crippen LogP contribution in [-0.2, 0) is 0 Å². The van der Waals surface area contributed by atoms with E-state index in [-0.39, 0.29) is 0 Å². The lowest BCUT2D eigenvalue weighted by molar-refractivity contribution is 0.360. The van der Waals surface area contributed by atoms with Gasteiger partial charge in [-0.3, -0.25) is 0 Å². The quantitative estimate of drug-likeness (QED) is 0.560. The second kappa shape index (κ2) is 4.04. The minimum absolute atomic E-state index is 1.15. The zero-order chi connectivity index (χ0) is 7.40. The van der Waals surface area contributed by atoms with Crippen molar-refractivity contribution in [3.63, 3.8) is 0 Å². The molecule has 0 aromatic rings. The highest BCUT2D eigenvalue weighted by Crippen LogP contribution is 2.12. The summed E-state index contributed by atoms with van der Waals surface area (Å²) in [5.74, 6) is 1.23. The number of nitrogens with zero attached hydrogens (tertiary/aromatic N) is 1. The van der Waals surface area contributed by atoms with E-state index in [9.17, 15) is 0 Å². The van der Waals surface area contributed by atoms with Gasteiger partial charge in [0, 0.05) is 18.8 Å². The summed E-state index contributed by atoms with van der Waals surface area (Å²) in [7, 11) is 2.17. The molecule has 0 atom stereocenters. The molecule has 1 nitrogen and oxygen atoms in total. The van der Waals surface area contributed by atoms with Crippen molar-refractivity contribution in [2.24, 2.45) is 0 Å². The summed E-state index contributed by atoms with van der Waals surface area (Å²) in [6, 6.07) is 0. The van der Waals surface area contributed by atoms with Gasteiger partial charge < -0.3 is 4.90 Å². The van der Waals surface area contributed by atoms with Crippen LogP contribution >= 0.6 is 11.8 Å². The zero-order valence-electron chi connectivity index (χ0n) is 6.76. The topological polar surface area (TPSA) is 3.24 Å². The Labute approximate surface area is 67.5 Å². The van der Waals surface area contributed by atoms with E-state index in [2.05, 4.69) is 24.3 Å². The maximum Gasteiger partial charge on any atom is 0.0163 e. The van der Waals surface area contributed by atoms with Crippen molar-refractivity contribution >= 4 is 11.8 Å². The summed E-state index contributed by atoms with van der Waals surface area (Å²) in [5, 5.41) is 0. The van der Waals surface area contributed by atoms with Crippen molar-refractivity contribution in [2.75, 3.05) is 32.1 Å². The van der Waals surface area contributed by atoms with Crippen LogP contribution in [0.1, 0.15) is 6.42 Å². The highest BCUT2D eigenvalue weighted by Gasteiger charge is 2.05. The number of rotatable bonds is 2. The molecule has 0 spiro atoms. The van der Waals surface area contributed by atoms with E-state index >= 15 is 0 Å². The molecule has 1 heterocycles. The normalized spacial score (nSPS) is 20.8. The van der Waals surface area contributed by atoms with Gasteiger partial charge in [0.25, 0.3) is 0 Å². The predicted octanol–water partition coefficient (Wildman–Crippen LogP) is 1.61. The van der Waals surface area contributed by atoms with E-state index in [1.54, 1.807) is 5.57 Å². The molecule has 0 fully saturated rings. The van der Waals surface area contributed by atoms with Crippen LogP contribution in [0.2, 0.25) is 0 Å². The van der Waals surface area contributed by atoms with Gasteiger partial charge in [-0.2, -0.15) is 11.8 Å². The van der Waals surface area contributed by atoms with E-state index in [1.165, 1.54) is 18.7 Å². The molecule has 1 aliphatic heterocycles. The molecule has 0 radical (unpaired) electrons. The minimum Gasteiger partial charge on any atom is -0.302 e. The van der Waals surface area contributed by atoms with Gasteiger partial charge in [-0.05, 0) is 19.7 Å². The number of hydrogen-bond acceptors (Lipinski definition) is 2. The Morgan fingerprint density at radius 3 is 3.00 bits per heavy atom. The third-order valence-corrected chi connectivity index (χ3v) is 2.50. The van der Waals surface area contributed by atoms with Crippen LogP contribution in [0, 0.1) is 0 Å². The van der Waals surface area contributed by atoms with E-state index in [0.717, 1.165) is 6.54 Å². The molecule has 0 N–H and O–H groups in total. The zero-order valence-corrected chi connectivity index (χ0v) is 7.58. The predicted molar refractivity (Wildman–Crippen MR) is 48.6 cm³/mol. The molecule has 0 unspecified atom stereocenters. The Hall–Kier alpha value is 0.0500. The van der Waals surface area contributed by atoms with Crippen molar-refractivity contribution in [3.8, 4) is 0 Å². The second-order valence-electron chi connectivity index (χ2n) is 2.81. The van der Waals surface area contributed by atoms with Crippen LogP contribution < -0.4 is 0 Å². The summed E-state index contributed by atoms with van der Waals surface area (Å²) in [6.07, 6.45) is 5.80. The van der Waals surface area contributed by atoms with Gasteiger partial charge in [0.2, 0.25) is 0 Å². The third-order valence-electron chi connectivity index (χ3n) is 1.84. The summed E-state index contributed by atoms with van der Waals surface area (Å²) in [6.45, 7) is 2.39. The van der Waals surface area contributed by atoms with Crippen LogP contribution in [-0.4, -0.2) is 37.0 Å². The van der Waals surface area contributed by atoms with Crippen LogP contribution in [0.4, 0.5) is 0 Å². The molecule has 10 heavy (non-hydrogen) atoms. The third kappa shape index (κ3) is 2.35. The molecule has 2 heteroatoms. The number of hydrogen-bond donors (Lipinski definition) is 0. The van der Waals surface area contributed by atoms with Crippen molar-refractivity contribution in [1.82, 2.24) is 4.90 Å². The first-order chi connectivity index (χ1) is 4.83. The monoisotopic (exact) mass is 157 g/mol. The number of likely N-dealkylation sites (N-methyl/N-ethyl adjacent to an activating group) is 1. The molecule has 0 amide bonds. The maximum atomic E-state index is 2.36. The Morgan fingerprint density at radius 2 is 2.50 bits per heavy atom. The maximum absolute atomic E-state index is 2.36. The lowest BCUT2D eigenvalue weighted by atomic mass is 10.1. The summed E-state index contributed by atoms with van der Waals surface area (Å²) < 4.78 is 0.